The lowest BCUT2D eigenvalue weighted by molar-refractivity contribution is 0.262. The zero-order valence-electron chi connectivity index (χ0n) is 13.6. The van der Waals surface area contributed by atoms with Gasteiger partial charge in [0, 0.05) is 17.3 Å². The second-order valence-corrected chi connectivity index (χ2v) is 6.10. The monoisotopic (exact) mass is 334 g/mol. The summed E-state index contributed by atoms with van der Waals surface area (Å²) in [6.07, 6.45) is 2.76. The van der Waals surface area contributed by atoms with Crippen molar-refractivity contribution in [2.75, 3.05) is 10.6 Å². The first kappa shape index (κ1) is 15.4. The average molecular weight is 334 g/mol. The Balaban J connectivity index is 1.45. The van der Waals surface area contributed by atoms with Crippen molar-refractivity contribution >= 4 is 17.4 Å². The number of nitrogens with zero attached hydrogens (tertiary/aromatic N) is 2. The molecule has 2 aromatic carbocycles. The van der Waals surface area contributed by atoms with Crippen LogP contribution in [-0.2, 0) is 6.42 Å². The molecule has 0 atom stereocenters. The molecular formula is C19H18N4O2. The van der Waals surface area contributed by atoms with Crippen LogP contribution in [0.2, 0.25) is 0 Å². The molecule has 1 aliphatic rings. The first-order valence-electron chi connectivity index (χ1n) is 8.31. The van der Waals surface area contributed by atoms with E-state index in [9.17, 15) is 4.79 Å². The fourth-order valence-electron chi connectivity index (χ4n) is 2.61. The summed E-state index contributed by atoms with van der Waals surface area (Å²) in [5.74, 6) is 1.82. The molecule has 6 heteroatoms. The van der Waals surface area contributed by atoms with Gasteiger partial charge in [0.05, 0.1) is 6.42 Å². The van der Waals surface area contributed by atoms with Crippen molar-refractivity contribution in [1.82, 2.24) is 10.1 Å². The van der Waals surface area contributed by atoms with Crippen molar-refractivity contribution in [3.8, 4) is 0 Å². The number of anilines is 2. The van der Waals surface area contributed by atoms with Crippen molar-refractivity contribution in [2.24, 2.45) is 0 Å². The number of urea groups is 1. The lowest BCUT2D eigenvalue weighted by Gasteiger charge is -2.11. The minimum Gasteiger partial charge on any atom is -0.339 e. The fraction of sp³-hybridized carbons (Fsp3) is 0.211. The summed E-state index contributed by atoms with van der Waals surface area (Å²) in [6.45, 7) is 0. The van der Waals surface area contributed by atoms with Gasteiger partial charge in [-0.25, -0.2) is 4.79 Å². The van der Waals surface area contributed by atoms with Crippen LogP contribution in [0.3, 0.4) is 0 Å². The van der Waals surface area contributed by atoms with Crippen LogP contribution in [0, 0.1) is 0 Å². The van der Waals surface area contributed by atoms with E-state index in [-0.39, 0.29) is 6.03 Å². The van der Waals surface area contributed by atoms with Crippen LogP contribution in [0.1, 0.15) is 36.0 Å². The number of rotatable bonds is 5. The lowest BCUT2D eigenvalue weighted by atomic mass is 10.1. The van der Waals surface area contributed by atoms with Gasteiger partial charge in [0.1, 0.15) is 0 Å². The zero-order chi connectivity index (χ0) is 17.1. The molecule has 2 amide bonds. The molecule has 126 valence electrons. The Hall–Kier alpha value is -3.15. The standard InChI is InChI=1S/C19H18N4O2/c24-19(20-15-7-2-1-3-8-15)21-16-9-5-4-6-14(16)12-17-22-18(23-25-17)13-10-11-13/h1-9,13H,10-12H2,(H2,20,21,24). The Morgan fingerprint density at radius 2 is 1.80 bits per heavy atom. The third-order valence-corrected chi connectivity index (χ3v) is 4.07. The summed E-state index contributed by atoms with van der Waals surface area (Å²) >= 11 is 0. The number of carbonyl (C=O) groups excluding carboxylic acids is 1. The topological polar surface area (TPSA) is 80.0 Å². The predicted molar refractivity (Wildman–Crippen MR) is 94.6 cm³/mol. The first-order valence-corrected chi connectivity index (χ1v) is 8.31. The third kappa shape index (κ3) is 3.85. The maximum Gasteiger partial charge on any atom is 0.323 e. The summed E-state index contributed by atoms with van der Waals surface area (Å²) in [4.78, 5) is 16.7. The smallest absolute Gasteiger partial charge is 0.323 e. The zero-order valence-corrected chi connectivity index (χ0v) is 13.6. The second kappa shape index (κ2) is 6.76. The van der Waals surface area contributed by atoms with Crippen LogP contribution in [0.25, 0.3) is 0 Å². The normalized spacial score (nSPS) is 13.4. The Labute approximate surface area is 145 Å². The fourth-order valence-corrected chi connectivity index (χ4v) is 2.61. The minimum absolute atomic E-state index is 0.289. The van der Waals surface area contributed by atoms with E-state index in [2.05, 4.69) is 20.8 Å². The molecule has 0 saturated heterocycles. The first-order chi connectivity index (χ1) is 12.3. The number of amides is 2. The molecule has 1 heterocycles. The third-order valence-electron chi connectivity index (χ3n) is 4.07. The van der Waals surface area contributed by atoms with E-state index in [0.29, 0.717) is 18.2 Å². The number of benzene rings is 2. The number of hydrogen-bond donors (Lipinski definition) is 2. The highest BCUT2D eigenvalue weighted by Gasteiger charge is 2.28. The van der Waals surface area contributed by atoms with E-state index < -0.39 is 0 Å². The molecule has 4 rings (SSSR count). The van der Waals surface area contributed by atoms with Crippen molar-refractivity contribution in [2.45, 2.75) is 25.2 Å². The molecule has 0 bridgehead atoms. The van der Waals surface area contributed by atoms with Gasteiger partial charge in [-0.05, 0) is 36.6 Å². The molecule has 1 saturated carbocycles. The maximum atomic E-state index is 12.2. The number of aromatic nitrogens is 2. The number of nitrogens with one attached hydrogen (secondary N) is 2. The summed E-state index contributed by atoms with van der Waals surface area (Å²) in [7, 11) is 0. The molecule has 0 aliphatic heterocycles. The van der Waals surface area contributed by atoms with Crippen LogP contribution in [0.15, 0.2) is 59.1 Å². The van der Waals surface area contributed by atoms with Crippen molar-refractivity contribution in [3.05, 3.63) is 71.9 Å². The minimum atomic E-state index is -0.289. The Morgan fingerprint density at radius 3 is 2.60 bits per heavy atom. The van der Waals surface area contributed by atoms with E-state index in [0.717, 1.165) is 35.6 Å². The van der Waals surface area contributed by atoms with E-state index in [1.54, 1.807) is 0 Å². The van der Waals surface area contributed by atoms with Gasteiger partial charge in [0.25, 0.3) is 0 Å². The summed E-state index contributed by atoms with van der Waals surface area (Å²) in [5, 5.41) is 9.72. The van der Waals surface area contributed by atoms with Crippen LogP contribution in [0.5, 0.6) is 0 Å². The summed E-state index contributed by atoms with van der Waals surface area (Å²) in [6, 6.07) is 16.6. The van der Waals surface area contributed by atoms with E-state index >= 15 is 0 Å². The molecule has 2 N–H and O–H groups in total. The predicted octanol–water partition coefficient (Wildman–Crippen LogP) is 4.18. The van der Waals surface area contributed by atoms with Crippen LogP contribution >= 0.6 is 0 Å². The molecule has 1 aliphatic carbocycles. The van der Waals surface area contributed by atoms with Gasteiger partial charge >= 0.3 is 6.03 Å². The molecule has 1 fully saturated rings. The summed E-state index contributed by atoms with van der Waals surface area (Å²) in [5.41, 5.74) is 2.39. The average Bonchev–Trinajstić information content (AvgIpc) is 3.37. The molecule has 0 radical (unpaired) electrons. The SMILES string of the molecule is O=C(Nc1ccccc1)Nc1ccccc1Cc1nc(C2CC2)no1. The van der Waals surface area contributed by atoms with Gasteiger partial charge in [-0.3, -0.25) is 0 Å². The van der Waals surface area contributed by atoms with Gasteiger partial charge in [-0.1, -0.05) is 41.6 Å². The Morgan fingerprint density at radius 1 is 1.04 bits per heavy atom. The molecular weight excluding hydrogens is 316 g/mol. The summed E-state index contributed by atoms with van der Waals surface area (Å²) < 4.78 is 5.34. The molecule has 3 aromatic rings. The largest absolute Gasteiger partial charge is 0.339 e. The Bertz CT molecular complexity index is 872. The second-order valence-electron chi connectivity index (χ2n) is 6.10. The van der Waals surface area contributed by atoms with E-state index in [1.807, 2.05) is 54.6 Å². The van der Waals surface area contributed by atoms with Crippen LogP contribution < -0.4 is 10.6 Å². The van der Waals surface area contributed by atoms with E-state index in [4.69, 9.17) is 4.52 Å². The lowest BCUT2D eigenvalue weighted by Crippen LogP contribution is -2.20. The Kier molecular flexibility index (Phi) is 4.16. The van der Waals surface area contributed by atoms with Gasteiger partial charge in [0.15, 0.2) is 5.82 Å². The highest BCUT2D eigenvalue weighted by Crippen LogP contribution is 2.38. The molecule has 0 spiro atoms. The van der Waals surface area contributed by atoms with Gasteiger partial charge < -0.3 is 15.2 Å². The van der Waals surface area contributed by atoms with Crippen LogP contribution in [-0.4, -0.2) is 16.2 Å². The number of para-hydroxylation sites is 2. The van der Waals surface area contributed by atoms with E-state index in [1.165, 1.54) is 0 Å². The van der Waals surface area contributed by atoms with Gasteiger partial charge in [-0.2, -0.15) is 4.98 Å². The highest BCUT2D eigenvalue weighted by molar-refractivity contribution is 6.00. The van der Waals surface area contributed by atoms with Crippen molar-refractivity contribution in [3.63, 3.8) is 0 Å². The van der Waals surface area contributed by atoms with Crippen molar-refractivity contribution in [1.29, 1.82) is 0 Å². The van der Waals surface area contributed by atoms with Crippen LogP contribution in [0.4, 0.5) is 16.2 Å². The molecule has 25 heavy (non-hydrogen) atoms. The molecule has 6 nitrogen and oxygen atoms in total. The number of hydrogen-bond acceptors (Lipinski definition) is 4. The highest BCUT2D eigenvalue weighted by atomic mass is 16.5. The maximum absolute atomic E-state index is 12.2. The van der Waals surface area contributed by atoms with Gasteiger partial charge in [0.2, 0.25) is 5.89 Å². The quantitative estimate of drug-likeness (QED) is 0.733. The van der Waals surface area contributed by atoms with Crippen molar-refractivity contribution < 1.29 is 9.32 Å². The molecule has 1 aromatic heterocycles. The van der Waals surface area contributed by atoms with Gasteiger partial charge in [-0.15, -0.1) is 0 Å². The number of carbonyl (C=O) groups is 1. The molecule has 0 unspecified atom stereocenters.